The van der Waals surface area contributed by atoms with Gasteiger partial charge in [0.1, 0.15) is 9.20 Å². The summed E-state index contributed by atoms with van der Waals surface area (Å²) in [4.78, 5) is 22.5. The van der Waals surface area contributed by atoms with Crippen LogP contribution < -0.4 is 19.3 Å². The third-order valence-electron chi connectivity index (χ3n) is 6.20. The lowest BCUT2D eigenvalue weighted by Crippen LogP contribution is -2.38. The Balaban J connectivity index is 1.66. The number of likely N-dealkylation sites (N-methyl/N-ethyl adjacent to an activating group) is 1. The molecular weight excluding hydrogens is 490 g/mol. The Hall–Kier alpha value is -3.30. The van der Waals surface area contributed by atoms with Crippen LogP contribution in [0.1, 0.15) is 20.3 Å². The molecule has 1 aliphatic carbocycles. The number of pyridine rings is 1. The van der Waals surface area contributed by atoms with E-state index in [1.807, 2.05) is 79.3 Å². The molecule has 7 nitrogen and oxygen atoms in total. The lowest BCUT2D eigenvalue weighted by Gasteiger charge is -2.30. The van der Waals surface area contributed by atoms with Crippen LogP contribution >= 0.6 is 23.1 Å². The number of hydrogen-bond donors (Lipinski definition) is 0. The molecule has 0 radical (unpaired) electrons. The summed E-state index contributed by atoms with van der Waals surface area (Å²) < 4.78 is 11.6. The summed E-state index contributed by atoms with van der Waals surface area (Å²) in [5.74, 6) is 1.29. The van der Waals surface area contributed by atoms with Crippen LogP contribution in [0.4, 0.5) is 5.82 Å². The van der Waals surface area contributed by atoms with Gasteiger partial charge in [-0.15, -0.1) is 11.3 Å². The van der Waals surface area contributed by atoms with Crippen LogP contribution in [0.2, 0.25) is 0 Å². The quantitative estimate of drug-likeness (QED) is 0.582. The van der Waals surface area contributed by atoms with Crippen LogP contribution in [-0.2, 0) is 18.3 Å². The standard InChI is InChI=1S/C27H30N5O2S2/c1-5-31-24(33)23(21-13-6-8-15-29(21)3)35-25(31)26-34-18-32(20-12-10-11-19(2)17-20)27(36-26)28-22-14-7-9-16-30(22)4/h6-10,12-17,19H,5,11,18H2,1-4H3/q+1/b23-21-,26-25-. The molecule has 0 N–H and O–H groups in total. The lowest BCUT2D eigenvalue weighted by molar-refractivity contribution is -0.658. The van der Waals surface area contributed by atoms with Gasteiger partial charge in [-0.25, -0.2) is 4.57 Å². The number of thioether (sulfide) groups is 1. The molecule has 0 amide bonds. The normalized spacial score (nSPS) is 23.8. The molecule has 4 heterocycles. The van der Waals surface area contributed by atoms with E-state index in [-0.39, 0.29) is 5.56 Å². The number of rotatable bonds is 3. The molecule has 186 valence electrons. The summed E-state index contributed by atoms with van der Waals surface area (Å²) >= 11 is 2.94. The maximum absolute atomic E-state index is 13.4. The zero-order chi connectivity index (χ0) is 25.2. The van der Waals surface area contributed by atoms with Gasteiger partial charge in [0.05, 0.1) is 18.9 Å². The molecular formula is C27H30N5O2S2+. The molecule has 0 saturated carbocycles. The average Bonchev–Trinajstić information content (AvgIpc) is 3.21. The Morgan fingerprint density at radius 2 is 2.11 bits per heavy atom. The lowest BCUT2D eigenvalue weighted by atomic mass is 10.0. The fourth-order valence-electron chi connectivity index (χ4n) is 4.22. The number of aromatic nitrogens is 2. The average molecular weight is 521 g/mol. The van der Waals surface area contributed by atoms with Gasteiger partial charge in [0.2, 0.25) is 0 Å². The van der Waals surface area contributed by atoms with E-state index in [0.29, 0.717) is 28.8 Å². The molecule has 1 atom stereocenters. The Kier molecular flexibility index (Phi) is 7.02. The van der Waals surface area contributed by atoms with E-state index in [0.717, 1.165) is 33.5 Å². The first-order valence-corrected chi connectivity index (χ1v) is 13.7. The van der Waals surface area contributed by atoms with Crippen molar-refractivity contribution >= 4 is 44.9 Å². The number of thiazole rings is 1. The van der Waals surface area contributed by atoms with Crippen molar-refractivity contribution in [1.82, 2.24) is 14.4 Å². The van der Waals surface area contributed by atoms with Crippen LogP contribution in [0, 0.1) is 5.92 Å². The molecule has 5 rings (SSSR count). The van der Waals surface area contributed by atoms with Crippen LogP contribution in [0.25, 0.3) is 10.8 Å². The highest BCUT2D eigenvalue weighted by molar-refractivity contribution is 8.21. The summed E-state index contributed by atoms with van der Waals surface area (Å²) in [5, 5.41) is 1.52. The van der Waals surface area contributed by atoms with Crippen molar-refractivity contribution in [2.45, 2.75) is 26.8 Å². The van der Waals surface area contributed by atoms with Crippen LogP contribution in [0.5, 0.6) is 0 Å². The predicted molar refractivity (Wildman–Crippen MR) is 147 cm³/mol. The van der Waals surface area contributed by atoms with E-state index in [4.69, 9.17) is 9.73 Å². The first kappa shape index (κ1) is 24.4. The topological polar surface area (TPSA) is 54.0 Å². The minimum atomic E-state index is -0.00174. The van der Waals surface area contributed by atoms with Gasteiger partial charge < -0.3 is 9.64 Å². The Morgan fingerprint density at radius 3 is 2.86 bits per heavy atom. The Morgan fingerprint density at radius 1 is 1.25 bits per heavy atom. The first-order valence-electron chi connectivity index (χ1n) is 12.0. The number of hydrogen-bond acceptors (Lipinski definition) is 6. The number of amidine groups is 1. The van der Waals surface area contributed by atoms with Gasteiger partial charge in [-0.2, -0.15) is 0 Å². The smallest absolute Gasteiger partial charge is 0.326 e. The molecule has 0 aromatic carbocycles. The number of nitrogens with zero attached hydrogens (tertiary/aromatic N) is 5. The van der Waals surface area contributed by atoms with Crippen molar-refractivity contribution in [2.75, 3.05) is 13.8 Å². The molecule has 3 aliphatic rings. The van der Waals surface area contributed by atoms with Gasteiger partial charge in [0, 0.05) is 43.3 Å². The molecule has 2 aliphatic heterocycles. The van der Waals surface area contributed by atoms with Crippen LogP contribution in [0.15, 0.2) is 82.5 Å². The fourth-order valence-corrected chi connectivity index (χ4v) is 6.52. The number of ether oxygens (including phenoxy) is 1. The highest BCUT2D eigenvalue weighted by Gasteiger charge is 2.31. The van der Waals surface area contributed by atoms with E-state index in [1.54, 1.807) is 4.57 Å². The van der Waals surface area contributed by atoms with E-state index >= 15 is 0 Å². The van der Waals surface area contributed by atoms with E-state index in [9.17, 15) is 4.79 Å². The van der Waals surface area contributed by atoms with Crippen molar-refractivity contribution in [2.24, 2.45) is 18.0 Å². The third-order valence-corrected chi connectivity index (χ3v) is 8.51. The zero-order valence-corrected chi connectivity index (χ0v) is 22.6. The predicted octanol–water partition coefficient (Wildman–Crippen LogP) is 3.13. The summed E-state index contributed by atoms with van der Waals surface area (Å²) in [6.45, 7) is 5.09. The van der Waals surface area contributed by atoms with Gasteiger partial charge >= 0.3 is 5.82 Å². The second-order valence-electron chi connectivity index (χ2n) is 8.84. The molecule has 9 heteroatoms. The Labute approximate surface area is 219 Å². The Bertz CT molecular complexity index is 1510. The first-order chi connectivity index (χ1) is 17.5. The molecule has 1 unspecified atom stereocenters. The van der Waals surface area contributed by atoms with Crippen molar-refractivity contribution in [3.63, 3.8) is 0 Å². The summed E-state index contributed by atoms with van der Waals surface area (Å²) in [6, 6.07) is 5.97. The number of aryl methyl sites for hydroxylation is 1. The summed E-state index contributed by atoms with van der Waals surface area (Å²) in [7, 11) is 3.94. The number of aliphatic imine (C=N–C) groups is 1. The zero-order valence-electron chi connectivity index (χ0n) is 20.9. The SMILES string of the molecule is CCn1c(=O)/c(=C2\C=CC=CN2C)s/c1=C1/OCN(C2=CC(C)CC=C2)C(=Nc2cccc[n+]2C)S1. The van der Waals surface area contributed by atoms with Crippen molar-refractivity contribution in [3.8, 4) is 0 Å². The largest absolute Gasteiger partial charge is 0.463 e. The second-order valence-corrected chi connectivity index (χ2v) is 10.8. The molecule has 1 fully saturated rings. The van der Waals surface area contributed by atoms with Crippen molar-refractivity contribution < 1.29 is 9.30 Å². The van der Waals surface area contributed by atoms with Crippen LogP contribution in [-0.4, -0.2) is 33.3 Å². The monoisotopic (exact) mass is 520 g/mol. The molecule has 1 saturated heterocycles. The minimum Gasteiger partial charge on any atom is -0.463 e. The highest BCUT2D eigenvalue weighted by atomic mass is 32.2. The van der Waals surface area contributed by atoms with E-state index in [1.165, 1.54) is 23.1 Å². The van der Waals surface area contributed by atoms with Crippen molar-refractivity contribution in [3.05, 3.63) is 92.3 Å². The number of allylic oxidation sites excluding steroid dienone is 5. The van der Waals surface area contributed by atoms with Gasteiger partial charge in [0.15, 0.2) is 11.8 Å². The van der Waals surface area contributed by atoms with Crippen molar-refractivity contribution in [1.29, 1.82) is 0 Å². The van der Waals surface area contributed by atoms with Gasteiger partial charge in [0.25, 0.3) is 10.7 Å². The van der Waals surface area contributed by atoms with Gasteiger partial charge in [-0.3, -0.25) is 14.3 Å². The molecule has 0 spiro atoms. The summed E-state index contributed by atoms with van der Waals surface area (Å²) in [5.41, 5.74) is 1.97. The molecule has 0 bridgehead atoms. The maximum atomic E-state index is 13.4. The highest BCUT2D eigenvalue weighted by Crippen LogP contribution is 2.33. The maximum Gasteiger partial charge on any atom is 0.326 e. The fraction of sp³-hybridized carbons (Fsp3) is 0.296. The van der Waals surface area contributed by atoms with Crippen LogP contribution in [0.3, 0.4) is 0 Å². The molecule has 36 heavy (non-hydrogen) atoms. The van der Waals surface area contributed by atoms with E-state index in [2.05, 4.69) is 30.1 Å². The van der Waals surface area contributed by atoms with Gasteiger partial charge in [-0.05, 0) is 48.5 Å². The van der Waals surface area contributed by atoms with E-state index < -0.39 is 0 Å². The second kappa shape index (κ2) is 10.4. The van der Waals surface area contributed by atoms with Gasteiger partial charge in [-0.1, -0.05) is 31.2 Å². The molecule has 2 aromatic rings. The summed E-state index contributed by atoms with van der Waals surface area (Å²) in [6.07, 6.45) is 17.5. The minimum absolute atomic E-state index is 0.00174. The molecule has 2 aromatic heterocycles. The third kappa shape index (κ3) is 4.73.